The lowest BCUT2D eigenvalue weighted by molar-refractivity contribution is -0.159. The number of nitrogens with zero attached hydrogens (tertiary/aromatic N) is 3. The first kappa shape index (κ1) is 22.3. The number of carbonyl (C=O) groups is 1. The molecule has 170 valence electrons. The molecule has 0 radical (unpaired) electrons. The Hall–Kier alpha value is -2.95. The molecule has 1 aliphatic rings. The van der Waals surface area contributed by atoms with Crippen molar-refractivity contribution in [2.45, 2.75) is 44.2 Å². The molecule has 4 rings (SSSR count). The first-order valence-electron chi connectivity index (χ1n) is 9.83. The SMILES string of the molecule is Cc1ccc(F)c2c(C(=O)Nc3ccnc(S(C)(=N)=O)c3)n(CC3(C)CC(F)(F)C3)nc12. The number of alkyl halides is 2. The number of aryl methyl sites for hydroxylation is 1. The van der Waals surface area contributed by atoms with Gasteiger partial charge in [-0.05, 0) is 36.1 Å². The van der Waals surface area contributed by atoms with E-state index >= 15 is 0 Å². The molecule has 1 fully saturated rings. The van der Waals surface area contributed by atoms with Crippen LogP contribution in [0.2, 0.25) is 0 Å². The molecule has 32 heavy (non-hydrogen) atoms. The molecule has 2 heterocycles. The van der Waals surface area contributed by atoms with Crippen LogP contribution in [0.3, 0.4) is 0 Å². The molecule has 0 bridgehead atoms. The van der Waals surface area contributed by atoms with Crippen molar-refractivity contribution in [3.63, 3.8) is 0 Å². The van der Waals surface area contributed by atoms with Crippen molar-refractivity contribution in [2.24, 2.45) is 5.41 Å². The number of rotatable bonds is 5. The summed E-state index contributed by atoms with van der Waals surface area (Å²) in [6, 6.07) is 5.53. The van der Waals surface area contributed by atoms with Gasteiger partial charge in [0.25, 0.3) is 5.91 Å². The summed E-state index contributed by atoms with van der Waals surface area (Å²) in [7, 11) is -3.11. The fourth-order valence-corrected chi connectivity index (χ4v) is 4.84. The molecule has 11 heteroatoms. The van der Waals surface area contributed by atoms with Gasteiger partial charge in [0.1, 0.15) is 16.5 Å². The van der Waals surface area contributed by atoms with E-state index in [1.165, 1.54) is 41.4 Å². The molecule has 0 saturated heterocycles. The van der Waals surface area contributed by atoms with Crippen LogP contribution in [-0.2, 0) is 16.3 Å². The number of hydrogen-bond acceptors (Lipinski definition) is 5. The predicted molar refractivity (Wildman–Crippen MR) is 114 cm³/mol. The van der Waals surface area contributed by atoms with E-state index in [-0.39, 0.29) is 46.7 Å². The summed E-state index contributed by atoms with van der Waals surface area (Å²) in [6.07, 6.45) is 1.82. The molecule has 2 N–H and O–H groups in total. The minimum atomic E-state index is -3.11. The predicted octanol–water partition coefficient (Wildman–Crippen LogP) is 4.60. The van der Waals surface area contributed by atoms with Gasteiger partial charge >= 0.3 is 0 Å². The average molecular weight is 466 g/mol. The van der Waals surface area contributed by atoms with E-state index in [0.717, 1.165) is 0 Å². The van der Waals surface area contributed by atoms with E-state index in [4.69, 9.17) is 4.78 Å². The molecule has 1 aliphatic carbocycles. The topological polar surface area (TPSA) is 101 Å². The van der Waals surface area contributed by atoms with Gasteiger partial charge in [-0.3, -0.25) is 9.48 Å². The lowest BCUT2D eigenvalue weighted by Gasteiger charge is -2.44. The Morgan fingerprint density at radius 2 is 2.00 bits per heavy atom. The molecule has 1 unspecified atom stereocenters. The zero-order valence-electron chi connectivity index (χ0n) is 17.7. The maximum absolute atomic E-state index is 14.8. The summed E-state index contributed by atoms with van der Waals surface area (Å²) in [5.74, 6) is -4.11. The van der Waals surface area contributed by atoms with E-state index in [9.17, 15) is 22.2 Å². The molecule has 2 aromatic heterocycles. The minimum absolute atomic E-state index is 0.00578. The second-order valence-corrected chi connectivity index (χ2v) is 10.9. The molecule has 3 aromatic rings. The number of aromatic nitrogens is 3. The number of carbonyl (C=O) groups excluding carboxylic acids is 1. The van der Waals surface area contributed by atoms with E-state index in [1.54, 1.807) is 13.8 Å². The first-order chi connectivity index (χ1) is 14.8. The smallest absolute Gasteiger partial charge is 0.274 e. The van der Waals surface area contributed by atoms with Crippen molar-refractivity contribution >= 4 is 32.2 Å². The highest BCUT2D eigenvalue weighted by molar-refractivity contribution is 7.91. The van der Waals surface area contributed by atoms with Crippen molar-refractivity contribution < 1.29 is 22.2 Å². The molecule has 1 atom stereocenters. The van der Waals surface area contributed by atoms with Gasteiger partial charge < -0.3 is 5.32 Å². The number of anilines is 1. The quantitative estimate of drug-likeness (QED) is 0.575. The van der Waals surface area contributed by atoms with Crippen LogP contribution in [0.25, 0.3) is 10.9 Å². The normalized spacial score (nSPS) is 18.7. The molecular formula is C21H22F3N5O2S. The first-order valence-corrected chi connectivity index (χ1v) is 11.8. The second kappa shape index (κ2) is 7.29. The molecular weight excluding hydrogens is 443 g/mol. The lowest BCUT2D eigenvalue weighted by atomic mass is 9.67. The largest absolute Gasteiger partial charge is 0.320 e. The molecule has 7 nitrogen and oxygen atoms in total. The number of amides is 1. The Bertz CT molecular complexity index is 1340. The lowest BCUT2D eigenvalue weighted by Crippen LogP contribution is -2.47. The van der Waals surface area contributed by atoms with Crippen LogP contribution in [-0.4, -0.2) is 37.1 Å². The highest BCUT2D eigenvalue weighted by Crippen LogP contribution is 2.52. The van der Waals surface area contributed by atoms with Crippen LogP contribution >= 0.6 is 0 Å². The Morgan fingerprint density at radius 1 is 1.31 bits per heavy atom. The fraction of sp³-hybridized carbons (Fsp3) is 0.381. The summed E-state index contributed by atoms with van der Waals surface area (Å²) >= 11 is 0. The number of fused-ring (bicyclic) bond motifs is 1. The number of benzene rings is 1. The van der Waals surface area contributed by atoms with E-state index < -0.39 is 32.8 Å². The van der Waals surface area contributed by atoms with Crippen LogP contribution in [0.1, 0.15) is 35.8 Å². The van der Waals surface area contributed by atoms with E-state index in [2.05, 4.69) is 15.4 Å². The molecule has 0 aliphatic heterocycles. The van der Waals surface area contributed by atoms with Crippen LogP contribution in [0.5, 0.6) is 0 Å². The fourth-order valence-electron chi connectivity index (χ4n) is 4.23. The van der Waals surface area contributed by atoms with Crippen LogP contribution in [0.15, 0.2) is 35.5 Å². The number of nitrogens with one attached hydrogen (secondary N) is 2. The van der Waals surface area contributed by atoms with Crippen molar-refractivity contribution in [3.05, 3.63) is 47.5 Å². The van der Waals surface area contributed by atoms with Gasteiger partial charge in [0.2, 0.25) is 5.92 Å². The molecule has 0 spiro atoms. The monoisotopic (exact) mass is 465 g/mol. The van der Waals surface area contributed by atoms with Crippen molar-refractivity contribution in [2.75, 3.05) is 11.6 Å². The van der Waals surface area contributed by atoms with E-state index in [0.29, 0.717) is 5.56 Å². The number of pyridine rings is 1. The third kappa shape index (κ3) is 4.08. The van der Waals surface area contributed by atoms with Gasteiger partial charge in [0, 0.05) is 37.5 Å². The minimum Gasteiger partial charge on any atom is -0.320 e. The van der Waals surface area contributed by atoms with Crippen molar-refractivity contribution in [1.29, 1.82) is 4.78 Å². The maximum Gasteiger partial charge on any atom is 0.274 e. The Balaban J connectivity index is 1.77. The van der Waals surface area contributed by atoms with Gasteiger partial charge in [0.05, 0.1) is 20.6 Å². The van der Waals surface area contributed by atoms with Crippen LogP contribution in [0.4, 0.5) is 18.9 Å². The van der Waals surface area contributed by atoms with Gasteiger partial charge in [-0.2, -0.15) is 5.10 Å². The maximum atomic E-state index is 14.8. The summed E-state index contributed by atoms with van der Waals surface area (Å²) < 4.78 is 62.8. The van der Waals surface area contributed by atoms with Crippen LogP contribution in [0, 0.1) is 22.9 Å². The highest BCUT2D eigenvalue weighted by Gasteiger charge is 2.54. The number of hydrogen-bond donors (Lipinski definition) is 2. The van der Waals surface area contributed by atoms with Gasteiger partial charge in [-0.1, -0.05) is 13.0 Å². The van der Waals surface area contributed by atoms with Crippen molar-refractivity contribution in [1.82, 2.24) is 14.8 Å². The standard InChI is InChI=1S/C21H22F3N5O2S/c1-12-4-5-14(22)16-17(12)28-29(11-20(2)9-21(23,24)10-20)18(16)19(30)27-13-6-7-26-15(8-13)32(3,25)31/h4-8,25H,9-11H2,1-3H3,(H,26,27,30). The Morgan fingerprint density at radius 3 is 2.62 bits per heavy atom. The third-order valence-corrected chi connectivity index (χ3v) is 6.58. The summed E-state index contributed by atoms with van der Waals surface area (Å²) in [6.45, 7) is 3.43. The zero-order valence-corrected chi connectivity index (χ0v) is 18.5. The summed E-state index contributed by atoms with van der Waals surface area (Å²) in [4.78, 5) is 17.1. The summed E-state index contributed by atoms with van der Waals surface area (Å²) in [5, 5.41) is 6.99. The molecule has 1 amide bonds. The number of halogens is 3. The second-order valence-electron chi connectivity index (χ2n) is 8.79. The average Bonchev–Trinajstić information content (AvgIpc) is 3.02. The van der Waals surface area contributed by atoms with E-state index in [1.807, 2.05) is 0 Å². The van der Waals surface area contributed by atoms with Gasteiger partial charge in [-0.15, -0.1) is 0 Å². The highest BCUT2D eigenvalue weighted by atomic mass is 32.2. The Kier molecular flexibility index (Phi) is 5.07. The van der Waals surface area contributed by atoms with Crippen molar-refractivity contribution in [3.8, 4) is 0 Å². The van der Waals surface area contributed by atoms with Gasteiger partial charge in [0.15, 0.2) is 0 Å². The summed E-state index contributed by atoms with van der Waals surface area (Å²) in [5.41, 5.74) is 0.275. The molecule has 1 aromatic carbocycles. The van der Waals surface area contributed by atoms with Gasteiger partial charge in [-0.25, -0.2) is 27.1 Å². The zero-order chi connectivity index (χ0) is 23.5. The third-order valence-electron chi connectivity index (χ3n) is 5.55. The molecule has 1 saturated carbocycles. The van der Waals surface area contributed by atoms with Crippen LogP contribution < -0.4 is 5.32 Å². The Labute approximate surface area is 183 Å².